The molecule has 1 N–H and O–H groups in total. The molecule has 0 saturated heterocycles. The van der Waals surface area contributed by atoms with Crippen molar-refractivity contribution in [1.29, 1.82) is 0 Å². The number of nitrogens with one attached hydrogen (secondary N) is 1. The predicted molar refractivity (Wildman–Crippen MR) is 61.4 cm³/mol. The molecule has 0 heterocycles. The van der Waals surface area contributed by atoms with E-state index in [1.165, 1.54) is 44.9 Å². The van der Waals surface area contributed by atoms with Gasteiger partial charge in [0, 0.05) is 6.04 Å². The molecule has 0 amide bonds. The van der Waals surface area contributed by atoms with E-state index in [2.05, 4.69) is 25.4 Å². The first-order valence-electron chi connectivity index (χ1n) is 6.12. The monoisotopic (exact) mass is 193 g/mol. The smallest absolute Gasteiger partial charge is 0.0330 e. The van der Waals surface area contributed by atoms with Gasteiger partial charge in [-0.25, -0.2) is 0 Å². The minimum absolute atomic E-state index is 0.588. The summed E-state index contributed by atoms with van der Waals surface area (Å²) in [5.41, 5.74) is 2.29. The second kappa shape index (κ2) is 4.06. The third-order valence-corrected chi connectivity index (χ3v) is 3.97. The molecular formula is C13H23N. The second-order valence-corrected chi connectivity index (χ2v) is 5.25. The average molecular weight is 193 g/mol. The SMILES string of the molecule is CNC(C1=CCCCCC1)C1(C)CC1. The molecule has 1 nitrogen and oxygen atoms in total. The Labute approximate surface area is 88.0 Å². The Bertz CT molecular complexity index is 225. The zero-order valence-corrected chi connectivity index (χ0v) is 9.60. The highest BCUT2D eigenvalue weighted by molar-refractivity contribution is 5.20. The van der Waals surface area contributed by atoms with E-state index in [4.69, 9.17) is 0 Å². The molecule has 1 atom stereocenters. The van der Waals surface area contributed by atoms with Gasteiger partial charge in [0.1, 0.15) is 0 Å². The van der Waals surface area contributed by atoms with Crippen LogP contribution in [0.1, 0.15) is 51.9 Å². The summed E-state index contributed by atoms with van der Waals surface area (Å²) < 4.78 is 0. The van der Waals surface area contributed by atoms with Crippen LogP contribution in [-0.4, -0.2) is 13.1 Å². The van der Waals surface area contributed by atoms with Crippen molar-refractivity contribution in [3.63, 3.8) is 0 Å². The summed E-state index contributed by atoms with van der Waals surface area (Å²) in [4.78, 5) is 0. The zero-order valence-electron chi connectivity index (χ0n) is 9.60. The van der Waals surface area contributed by atoms with Gasteiger partial charge in [-0.05, 0) is 51.0 Å². The van der Waals surface area contributed by atoms with Crippen LogP contribution >= 0.6 is 0 Å². The van der Waals surface area contributed by atoms with Crippen molar-refractivity contribution in [2.24, 2.45) is 5.41 Å². The topological polar surface area (TPSA) is 12.0 Å². The summed E-state index contributed by atoms with van der Waals surface area (Å²) >= 11 is 0. The lowest BCUT2D eigenvalue weighted by Gasteiger charge is -2.26. The van der Waals surface area contributed by atoms with Gasteiger partial charge in [0.2, 0.25) is 0 Å². The fourth-order valence-corrected chi connectivity index (χ4v) is 2.77. The summed E-state index contributed by atoms with van der Waals surface area (Å²) in [6.07, 6.45) is 12.2. The molecule has 0 spiro atoms. The normalized spacial score (nSPS) is 27.7. The minimum atomic E-state index is 0.588. The molecule has 0 aliphatic heterocycles. The maximum atomic E-state index is 3.53. The van der Waals surface area contributed by atoms with Crippen molar-refractivity contribution in [2.45, 2.75) is 57.9 Å². The molecule has 0 bridgehead atoms. The molecule has 1 saturated carbocycles. The highest BCUT2D eigenvalue weighted by Gasteiger charge is 2.45. The lowest BCUT2D eigenvalue weighted by atomic mass is 9.89. The summed E-state index contributed by atoms with van der Waals surface area (Å²) in [5, 5.41) is 3.53. The van der Waals surface area contributed by atoms with Gasteiger partial charge in [0.25, 0.3) is 0 Å². The minimum Gasteiger partial charge on any atom is -0.313 e. The molecule has 0 aromatic heterocycles. The van der Waals surface area contributed by atoms with Gasteiger partial charge in [-0.1, -0.05) is 25.0 Å². The van der Waals surface area contributed by atoms with Crippen LogP contribution in [0.15, 0.2) is 11.6 Å². The maximum absolute atomic E-state index is 3.53. The fraction of sp³-hybridized carbons (Fsp3) is 0.846. The molecule has 2 aliphatic carbocycles. The van der Waals surface area contributed by atoms with Gasteiger partial charge in [-0.2, -0.15) is 0 Å². The van der Waals surface area contributed by atoms with Crippen LogP contribution in [0.4, 0.5) is 0 Å². The average Bonchev–Trinajstić information content (AvgIpc) is 2.93. The van der Waals surface area contributed by atoms with Crippen LogP contribution < -0.4 is 5.32 Å². The molecule has 0 aromatic carbocycles. The van der Waals surface area contributed by atoms with Crippen LogP contribution in [0.25, 0.3) is 0 Å². The molecule has 80 valence electrons. The Morgan fingerprint density at radius 1 is 1.29 bits per heavy atom. The number of likely N-dealkylation sites (N-methyl/N-ethyl adjacent to an activating group) is 1. The Balaban J connectivity index is 2.06. The highest BCUT2D eigenvalue weighted by Crippen LogP contribution is 2.50. The Hall–Kier alpha value is -0.300. The van der Waals surface area contributed by atoms with Crippen LogP contribution in [0, 0.1) is 5.41 Å². The van der Waals surface area contributed by atoms with Gasteiger partial charge in [0.05, 0.1) is 0 Å². The maximum Gasteiger partial charge on any atom is 0.0330 e. The van der Waals surface area contributed by atoms with E-state index in [-0.39, 0.29) is 0 Å². The molecule has 0 aromatic rings. The second-order valence-electron chi connectivity index (χ2n) is 5.25. The number of allylic oxidation sites excluding steroid dienone is 1. The summed E-state index contributed by atoms with van der Waals surface area (Å²) in [6, 6.07) is 0.667. The first kappa shape index (κ1) is 10.2. The summed E-state index contributed by atoms with van der Waals surface area (Å²) in [6.45, 7) is 2.43. The number of rotatable bonds is 3. The van der Waals surface area contributed by atoms with E-state index >= 15 is 0 Å². The van der Waals surface area contributed by atoms with Crippen molar-refractivity contribution in [3.05, 3.63) is 11.6 Å². The standard InChI is InChI=1S/C13H23N/c1-13(9-10-13)12(14-2)11-7-5-3-4-6-8-11/h7,12,14H,3-6,8-10H2,1-2H3. The third kappa shape index (κ3) is 2.03. The van der Waals surface area contributed by atoms with Gasteiger partial charge in [-0.15, -0.1) is 0 Å². The lowest BCUT2D eigenvalue weighted by Crippen LogP contribution is -2.35. The fourth-order valence-electron chi connectivity index (χ4n) is 2.77. The van der Waals surface area contributed by atoms with Gasteiger partial charge < -0.3 is 5.32 Å². The van der Waals surface area contributed by atoms with Crippen molar-refractivity contribution in [2.75, 3.05) is 7.05 Å². The molecule has 2 aliphatic rings. The molecule has 2 rings (SSSR count). The Morgan fingerprint density at radius 2 is 2.07 bits per heavy atom. The predicted octanol–water partition coefficient (Wildman–Crippen LogP) is 3.27. The van der Waals surface area contributed by atoms with Gasteiger partial charge >= 0.3 is 0 Å². The van der Waals surface area contributed by atoms with Crippen molar-refractivity contribution in [3.8, 4) is 0 Å². The van der Waals surface area contributed by atoms with E-state index < -0.39 is 0 Å². The molecule has 1 fully saturated rings. The largest absolute Gasteiger partial charge is 0.313 e. The molecule has 0 radical (unpaired) electrons. The van der Waals surface area contributed by atoms with Crippen LogP contribution in [0.2, 0.25) is 0 Å². The Kier molecular flexibility index (Phi) is 2.96. The van der Waals surface area contributed by atoms with E-state index in [1.54, 1.807) is 5.57 Å². The van der Waals surface area contributed by atoms with Gasteiger partial charge in [-0.3, -0.25) is 0 Å². The molecule has 1 heteroatoms. The van der Waals surface area contributed by atoms with Crippen LogP contribution in [0.3, 0.4) is 0 Å². The van der Waals surface area contributed by atoms with Crippen molar-refractivity contribution < 1.29 is 0 Å². The summed E-state index contributed by atoms with van der Waals surface area (Å²) in [5.74, 6) is 0. The first-order valence-corrected chi connectivity index (χ1v) is 6.12. The highest BCUT2D eigenvalue weighted by atomic mass is 14.9. The first-order chi connectivity index (χ1) is 6.76. The zero-order chi connectivity index (χ0) is 10.0. The van der Waals surface area contributed by atoms with E-state index in [0.29, 0.717) is 11.5 Å². The van der Waals surface area contributed by atoms with Crippen molar-refractivity contribution in [1.82, 2.24) is 5.32 Å². The molecular weight excluding hydrogens is 170 g/mol. The molecule has 1 unspecified atom stereocenters. The quantitative estimate of drug-likeness (QED) is 0.678. The number of hydrogen-bond acceptors (Lipinski definition) is 1. The van der Waals surface area contributed by atoms with Crippen LogP contribution in [0.5, 0.6) is 0 Å². The molecule has 14 heavy (non-hydrogen) atoms. The third-order valence-electron chi connectivity index (χ3n) is 3.97. The summed E-state index contributed by atoms with van der Waals surface area (Å²) in [7, 11) is 2.12. The van der Waals surface area contributed by atoms with E-state index in [9.17, 15) is 0 Å². The van der Waals surface area contributed by atoms with Gasteiger partial charge in [0.15, 0.2) is 0 Å². The van der Waals surface area contributed by atoms with Crippen molar-refractivity contribution >= 4 is 0 Å². The Morgan fingerprint density at radius 3 is 2.71 bits per heavy atom. The van der Waals surface area contributed by atoms with E-state index in [0.717, 1.165) is 0 Å². The van der Waals surface area contributed by atoms with Crippen LogP contribution in [-0.2, 0) is 0 Å². The lowest BCUT2D eigenvalue weighted by molar-refractivity contribution is 0.414. The number of hydrogen-bond donors (Lipinski definition) is 1. The van der Waals surface area contributed by atoms with E-state index in [1.807, 2.05) is 0 Å².